The average Bonchev–Trinajstić information content (AvgIpc) is 2.38. The van der Waals surface area contributed by atoms with Crippen molar-refractivity contribution in [2.45, 2.75) is 20.3 Å². The maximum absolute atomic E-state index is 5.41. The molecule has 96 valence electrons. The molecule has 17 heavy (non-hydrogen) atoms. The molecule has 1 aromatic rings. The molecule has 0 radical (unpaired) electrons. The van der Waals surface area contributed by atoms with Crippen molar-refractivity contribution in [2.75, 3.05) is 38.7 Å². The summed E-state index contributed by atoms with van der Waals surface area (Å²) in [6, 6.07) is 6.39. The van der Waals surface area contributed by atoms with E-state index in [1.807, 2.05) is 0 Å². The maximum atomic E-state index is 5.41. The number of hydrogen-bond acceptors (Lipinski definition) is 3. The van der Waals surface area contributed by atoms with E-state index in [4.69, 9.17) is 4.74 Å². The molecule has 0 aliphatic rings. The van der Waals surface area contributed by atoms with E-state index in [0.717, 1.165) is 31.8 Å². The Kier molecular flexibility index (Phi) is 5.84. The summed E-state index contributed by atoms with van der Waals surface area (Å²) in [5.41, 5.74) is 2.51. The largest absolute Gasteiger partial charge is 0.495 e. The van der Waals surface area contributed by atoms with Gasteiger partial charge in [0.05, 0.1) is 12.8 Å². The van der Waals surface area contributed by atoms with E-state index in [2.05, 4.69) is 49.3 Å². The summed E-state index contributed by atoms with van der Waals surface area (Å²) in [7, 11) is 3.83. The van der Waals surface area contributed by atoms with E-state index in [1.165, 1.54) is 11.3 Å². The lowest BCUT2D eigenvalue weighted by molar-refractivity contribution is 0.414. The Morgan fingerprint density at radius 1 is 1.29 bits per heavy atom. The topological polar surface area (TPSA) is 24.5 Å². The predicted molar refractivity (Wildman–Crippen MR) is 74.2 cm³/mol. The Morgan fingerprint density at radius 2 is 2.06 bits per heavy atom. The van der Waals surface area contributed by atoms with Crippen LogP contribution in [-0.4, -0.2) is 33.8 Å². The Hall–Kier alpha value is -1.22. The molecule has 0 spiro atoms. The highest BCUT2D eigenvalue weighted by atomic mass is 16.5. The molecule has 0 unspecified atom stereocenters. The lowest BCUT2D eigenvalue weighted by Gasteiger charge is -2.22. The molecule has 0 aromatic heterocycles. The van der Waals surface area contributed by atoms with E-state index in [0.29, 0.717) is 0 Å². The molecule has 0 heterocycles. The van der Waals surface area contributed by atoms with Crippen molar-refractivity contribution in [1.29, 1.82) is 0 Å². The Bertz CT molecular complexity index is 339. The second kappa shape index (κ2) is 7.17. The number of hydrogen-bond donors (Lipinski definition) is 1. The quantitative estimate of drug-likeness (QED) is 0.735. The molecular weight excluding hydrogens is 212 g/mol. The van der Waals surface area contributed by atoms with Gasteiger partial charge in [-0.1, -0.05) is 19.9 Å². The monoisotopic (exact) mass is 236 g/mol. The molecule has 0 aliphatic heterocycles. The minimum atomic E-state index is 0.946. The van der Waals surface area contributed by atoms with E-state index in [1.54, 1.807) is 7.11 Å². The standard InChI is InChI=1S/C14H24N2O/c1-5-12-7-8-14(17-4)13(11-12)16(3)10-9-15-6-2/h7-8,11,15H,5-6,9-10H2,1-4H3. The molecule has 3 nitrogen and oxygen atoms in total. The van der Waals surface area contributed by atoms with Crippen LogP contribution in [0.25, 0.3) is 0 Å². The van der Waals surface area contributed by atoms with Crippen LogP contribution in [0.15, 0.2) is 18.2 Å². The number of methoxy groups -OCH3 is 1. The third-order valence-electron chi connectivity index (χ3n) is 2.94. The number of rotatable bonds is 7. The van der Waals surface area contributed by atoms with Gasteiger partial charge in [-0.2, -0.15) is 0 Å². The fourth-order valence-electron chi connectivity index (χ4n) is 1.80. The van der Waals surface area contributed by atoms with Crippen molar-refractivity contribution in [3.8, 4) is 5.75 Å². The zero-order chi connectivity index (χ0) is 12.7. The molecule has 3 heteroatoms. The third-order valence-corrected chi connectivity index (χ3v) is 2.94. The Labute approximate surface area is 105 Å². The summed E-state index contributed by atoms with van der Waals surface area (Å²) in [4.78, 5) is 2.24. The number of anilines is 1. The van der Waals surface area contributed by atoms with Gasteiger partial charge in [0, 0.05) is 20.1 Å². The molecule has 0 saturated carbocycles. The lowest BCUT2D eigenvalue weighted by atomic mass is 10.1. The summed E-state index contributed by atoms with van der Waals surface area (Å²) in [6.07, 6.45) is 1.05. The average molecular weight is 236 g/mol. The van der Waals surface area contributed by atoms with Gasteiger partial charge in [-0.3, -0.25) is 0 Å². The predicted octanol–water partition coefficient (Wildman–Crippen LogP) is 2.30. The van der Waals surface area contributed by atoms with Gasteiger partial charge in [-0.05, 0) is 30.7 Å². The van der Waals surface area contributed by atoms with Crippen LogP contribution in [0.5, 0.6) is 5.75 Å². The van der Waals surface area contributed by atoms with E-state index in [9.17, 15) is 0 Å². The van der Waals surface area contributed by atoms with Gasteiger partial charge in [0.25, 0.3) is 0 Å². The lowest BCUT2D eigenvalue weighted by Crippen LogP contribution is -2.29. The first-order valence-electron chi connectivity index (χ1n) is 6.31. The number of likely N-dealkylation sites (N-methyl/N-ethyl adjacent to an activating group) is 2. The number of benzene rings is 1. The molecular formula is C14H24N2O. The fraction of sp³-hybridized carbons (Fsp3) is 0.571. The van der Waals surface area contributed by atoms with Gasteiger partial charge in [-0.15, -0.1) is 0 Å². The second-order valence-electron chi connectivity index (χ2n) is 4.13. The maximum Gasteiger partial charge on any atom is 0.142 e. The number of ether oxygens (including phenoxy) is 1. The number of nitrogens with zero attached hydrogens (tertiary/aromatic N) is 1. The summed E-state index contributed by atoms with van der Waals surface area (Å²) in [5.74, 6) is 0.946. The minimum Gasteiger partial charge on any atom is -0.495 e. The van der Waals surface area contributed by atoms with Crippen molar-refractivity contribution >= 4 is 5.69 Å². The smallest absolute Gasteiger partial charge is 0.142 e. The van der Waals surface area contributed by atoms with Crippen LogP contribution in [0.1, 0.15) is 19.4 Å². The molecule has 0 saturated heterocycles. The van der Waals surface area contributed by atoms with Crippen LogP contribution in [0.4, 0.5) is 5.69 Å². The minimum absolute atomic E-state index is 0.946. The van der Waals surface area contributed by atoms with E-state index in [-0.39, 0.29) is 0 Å². The van der Waals surface area contributed by atoms with Crippen LogP contribution in [0.2, 0.25) is 0 Å². The highest BCUT2D eigenvalue weighted by Crippen LogP contribution is 2.28. The normalized spacial score (nSPS) is 10.4. The SMILES string of the molecule is CCNCCN(C)c1cc(CC)ccc1OC. The summed E-state index contributed by atoms with van der Waals surface area (Å²) >= 11 is 0. The molecule has 0 aliphatic carbocycles. The van der Waals surface area contributed by atoms with Crippen molar-refractivity contribution in [3.05, 3.63) is 23.8 Å². The summed E-state index contributed by atoms with van der Waals surface area (Å²) in [5, 5.41) is 3.33. The van der Waals surface area contributed by atoms with Gasteiger partial charge >= 0.3 is 0 Å². The van der Waals surface area contributed by atoms with Crippen LogP contribution in [0, 0.1) is 0 Å². The first kappa shape index (κ1) is 13.8. The van der Waals surface area contributed by atoms with Crippen molar-refractivity contribution < 1.29 is 4.74 Å². The molecule has 0 amide bonds. The third kappa shape index (κ3) is 3.93. The molecule has 1 N–H and O–H groups in total. The van der Waals surface area contributed by atoms with Crippen molar-refractivity contribution in [2.24, 2.45) is 0 Å². The number of nitrogens with one attached hydrogen (secondary N) is 1. The summed E-state index contributed by atoms with van der Waals surface area (Å²) in [6.45, 7) is 7.28. The van der Waals surface area contributed by atoms with Crippen molar-refractivity contribution in [1.82, 2.24) is 5.32 Å². The van der Waals surface area contributed by atoms with Gasteiger partial charge < -0.3 is 15.0 Å². The molecule has 1 rings (SSSR count). The summed E-state index contributed by atoms with van der Waals surface area (Å²) < 4.78 is 5.41. The molecule has 0 atom stereocenters. The van der Waals surface area contributed by atoms with Gasteiger partial charge in [0.15, 0.2) is 0 Å². The Balaban J connectivity index is 2.78. The zero-order valence-corrected chi connectivity index (χ0v) is 11.4. The first-order valence-corrected chi connectivity index (χ1v) is 6.31. The highest BCUT2D eigenvalue weighted by molar-refractivity contribution is 5.59. The number of aryl methyl sites for hydroxylation is 1. The van der Waals surface area contributed by atoms with Crippen LogP contribution >= 0.6 is 0 Å². The Morgan fingerprint density at radius 3 is 2.65 bits per heavy atom. The van der Waals surface area contributed by atoms with Crippen LogP contribution in [0.3, 0.4) is 0 Å². The zero-order valence-electron chi connectivity index (χ0n) is 11.4. The fourth-order valence-corrected chi connectivity index (χ4v) is 1.80. The first-order chi connectivity index (χ1) is 8.22. The van der Waals surface area contributed by atoms with E-state index < -0.39 is 0 Å². The van der Waals surface area contributed by atoms with Crippen LogP contribution in [-0.2, 0) is 6.42 Å². The molecule has 1 aromatic carbocycles. The van der Waals surface area contributed by atoms with E-state index >= 15 is 0 Å². The van der Waals surface area contributed by atoms with Gasteiger partial charge in [0.2, 0.25) is 0 Å². The van der Waals surface area contributed by atoms with Gasteiger partial charge in [0.1, 0.15) is 5.75 Å². The molecule has 0 fully saturated rings. The second-order valence-corrected chi connectivity index (χ2v) is 4.13. The van der Waals surface area contributed by atoms with Crippen molar-refractivity contribution in [3.63, 3.8) is 0 Å². The van der Waals surface area contributed by atoms with Crippen LogP contribution < -0.4 is 15.0 Å². The highest BCUT2D eigenvalue weighted by Gasteiger charge is 2.08. The van der Waals surface area contributed by atoms with Gasteiger partial charge in [-0.25, -0.2) is 0 Å². The molecule has 0 bridgehead atoms.